The average molecular weight is 270 g/mol. The fraction of sp³-hybridized carbons (Fsp3) is 0.0909. The van der Waals surface area contributed by atoms with E-state index in [4.69, 9.17) is 4.18 Å². The molecule has 17 heavy (non-hydrogen) atoms. The molecular weight excluding hydrogens is 258 g/mol. The van der Waals surface area contributed by atoms with Crippen molar-refractivity contribution in [3.05, 3.63) is 42.5 Å². The van der Waals surface area contributed by atoms with Gasteiger partial charge in [0.1, 0.15) is 5.75 Å². The quantitative estimate of drug-likeness (QED) is 0.418. The molecule has 0 saturated heterocycles. The molecule has 0 radical (unpaired) electrons. The summed E-state index contributed by atoms with van der Waals surface area (Å²) in [6, 6.07) is 12.8. The van der Waals surface area contributed by atoms with Gasteiger partial charge in [-0.2, -0.15) is 8.42 Å². The Morgan fingerprint density at radius 1 is 1.00 bits per heavy atom. The molecule has 2 aromatic carbocycles. The van der Waals surface area contributed by atoms with Crippen LogP contribution in [0.2, 0.25) is 0 Å². The van der Waals surface area contributed by atoms with Crippen LogP contribution in [-0.2, 0) is 10.1 Å². The summed E-state index contributed by atoms with van der Waals surface area (Å²) in [7, 11) is -3.47. The number of rotatable bonds is 2. The van der Waals surface area contributed by atoms with Crippen LogP contribution in [0.5, 0.6) is 5.75 Å². The number of fused-ring (bicyclic) bond motifs is 1. The number of benzene rings is 2. The summed E-state index contributed by atoms with van der Waals surface area (Å²) in [5.74, 6) is 0.371. The molecule has 2 aromatic rings. The van der Waals surface area contributed by atoms with Gasteiger partial charge in [-0.05, 0) is 11.5 Å². The molecule has 2 rings (SSSR count). The van der Waals surface area contributed by atoms with Crippen molar-refractivity contribution < 1.29 is 74.6 Å². The molecule has 0 aliphatic carbocycles. The predicted molar refractivity (Wildman–Crippen MR) is 61.6 cm³/mol. The van der Waals surface area contributed by atoms with Crippen LogP contribution in [0, 0.1) is 0 Å². The van der Waals surface area contributed by atoms with Gasteiger partial charge in [-0.25, -0.2) is 0 Å². The Hall–Kier alpha value is 0.450. The third kappa shape index (κ3) is 4.91. The van der Waals surface area contributed by atoms with E-state index < -0.39 is 10.1 Å². The van der Waals surface area contributed by atoms with Crippen LogP contribution < -0.4 is 63.3 Å². The van der Waals surface area contributed by atoms with E-state index >= 15 is 0 Å². The van der Waals surface area contributed by atoms with E-state index in [-0.39, 0.29) is 62.0 Å². The second kappa shape index (κ2) is 7.14. The molecule has 0 aliphatic rings. The second-order valence-electron chi connectivity index (χ2n) is 3.26. The molecule has 0 bridgehead atoms. The summed E-state index contributed by atoms with van der Waals surface area (Å²) < 4.78 is 26.9. The van der Waals surface area contributed by atoms with E-state index in [2.05, 4.69) is 0 Å². The second-order valence-corrected chi connectivity index (χ2v) is 4.84. The van der Waals surface area contributed by atoms with Crippen LogP contribution >= 0.6 is 0 Å². The van der Waals surface area contributed by atoms with Gasteiger partial charge in [0.25, 0.3) is 0 Å². The monoisotopic (exact) mass is 270 g/mol. The Kier molecular flexibility index (Phi) is 7.33. The van der Waals surface area contributed by atoms with Gasteiger partial charge in [-0.3, -0.25) is 0 Å². The van der Waals surface area contributed by atoms with E-state index in [1.54, 1.807) is 12.1 Å². The van der Waals surface area contributed by atoms with Crippen molar-refractivity contribution in [2.75, 3.05) is 6.26 Å². The third-order valence-electron chi connectivity index (χ3n) is 1.99. The standard InChI is InChI=1S/C11H10O3S.2Na.2H/c1-15(12,13)14-11-8-4-6-9-5-2-3-7-10(9)11;;;;/h2-8H,1H3;;;;/q;2*+1;2*-1. The molecule has 0 spiro atoms. The van der Waals surface area contributed by atoms with Crippen molar-refractivity contribution in [1.29, 1.82) is 0 Å². The van der Waals surface area contributed by atoms with E-state index in [9.17, 15) is 8.42 Å². The summed E-state index contributed by atoms with van der Waals surface area (Å²) in [5, 5.41) is 1.75. The summed E-state index contributed by atoms with van der Waals surface area (Å²) in [5.41, 5.74) is 0. The Bertz CT molecular complexity index is 600. The Morgan fingerprint density at radius 2 is 1.59 bits per heavy atom. The Balaban J connectivity index is -0.000000640. The summed E-state index contributed by atoms with van der Waals surface area (Å²) in [6.45, 7) is 0. The SMILES string of the molecule is CS(=O)(=O)Oc1cccc2ccccc12.[H-].[H-].[Na+].[Na+]. The van der Waals surface area contributed by atoms with E-state index in [0.29, 0.717) is 5.75 Å². The van der Waals surface area contributed by atoms with E-state index in [0.717, 1.165) is 17.0 Å². The molecule has 6 heteroatoms. The zero-order valence-corrected chi connectivity index (χ0v) is 15.0. The summed E-state index contributed by atoms with van der Waals surface area (Å²) in [6.07, 6.45) is 1.04. The zero-order valence-electron chi connectivity index (χ0n) is 12.2. The molecule has 0 heterocycles. The van der Waals surface area contributed by atoms with Crippen LogP contribution in [-0.4, -0.2) is 14.7 Å². The fourth-order valence-corrected chi connectivity index (χ4v) is 1.90. The van der Waals surface area contributed by atoms with Crippen LogP contribution in [0.15, 0.2) is 42.5 Å². The first-order valence-corrected chi connectivity index (χ1v) is 6.25. The predicted octanol–water partition coefficient (Wildman–Crippen LogP) is -3.59. The van der Waals surface area contributed by atoms with Crippen molar-refractivity contribution in [3.8, 4) is 5.75 Å². The number of hydrogen-bond donors (Lipinski definition) is 0. The van der Waals surface area contributed by atoms with Gasteiger partial charge >= 0.3 is 69.2 Å². The van der Waals surface area contributed by atoms with Crippen molar-refractivity contribution >= 4 is 20.9 Å². The minimum absolute atomic E-state index is 0. The molecule has 3 nitrogen and oxygen atoms in total. The maximum absolute atomic E-state index is 11.0. The number of hydrogen-bond acceptors (Lipinski definition) is 3. The van der Waals surface area contributed by atoms with Crippen LogP contribution in [0.4, 0.5) is 0 Å². The van der Waals surface area contributed by atoms with E-state index in [1.165, 1.54) is 0 Å². The summed E-state index contributed by atoms with van der Waals surface area (Å²) in [4.78, 5) is 0. The summed E-state index contributed by atoms with van der Waals surface area (Å²) >= 11 is 0. The molecule has 0 amide bonds. The van der Waals surface area contributed by atoms with Gasteiger partial charge in [0.15, 0.2) is 0 Å². The van der Waals surface area contributed by atoms with Crippen LogP contribution in [0.25, 0.3) is 10.8 Å². The normalized spacial score (nSPS) is 10.2. The van der Waals surface area contributed by atoms with E-state index in [1.807, 2.05) is 30.3 Å². The van der Waals surface area contributed by atoms with Gasteiger partial charge in [0.05, 0.1) is 6.26 Å². The maximum atomic E-state index is 11.0. The average Bonchev–Trinajstić information content (AvgIpc) is 2.16. The molecule has 0 aliphatic heterocycles. The van der Waals surface area contributed by atoms with Crippen molar-refractivity contribution in [2.45, 2.75) is 0 Å². The molecule has 0 saturated carbocycles. The van der Waals surface area contributed by atoms with Gasteiger partial charge in [-0.15, -0.1) is 0 Å². The molecule has 0 unspecified atom stereocenters. The topological polar surface area (TPSA) is 43.4 Å². The molecule has 0 atom stereocenters. The minimum atomic E-state index is -3.47. The molecule has 0 N–H and O–H groups in total. The fourth-order valence-electron chi connectivity index (χ4n) is 1.43. The van der Waals surface area contributed by atoms with Gasteiger partial charge in [0, 0.05) is 5.39 Å². The molecular formula is C11H12Na2O3S. The van der Waals surface area contributed by atoms with Gasteiger partial charge in [-0.1, -0.05) is 36.4 Å². The van der Waals surface area contributed by atoms with Crippen LogP contribution in [0.3, 0.4) is 0 Å². The zero-order chi connectivity index (χ0) is 10.9. The first-order valence-electron chi connectivity index (χ1n) is 4.43. The maximum Gasteiger partial charge on any atom is 1.00 e. The molecule has 0 fully saturated rings. The Labute approximate surface area is 148 Å². The Morgan fingerprint density at radius 3 is 2.24 bits per heavy atom. The first kappa shape index (κ1) is 17.4. The largest absolute Gasteiger partial charge is 1.00 e. The molecule has 82 valence electrons. The van der Waals surface area contributed by atoms with Crippen LogP contribution in [0.1, 0.15) is 2.85 Å². The smallest absolute Gasteiger partial charge is 1.00 e. The van der Waals surface area contributed by atoms with Gasteiger partial charge in [0.2, 0.25) is 0 Å². The third-order valence-corrected chi connectivity index (χ3v) is 2.47. The molecule has 0 aromatic heterocycles. The van der Waals surface area contributed by atoms with Crippen molar-refractivity contribution in [1.82, 2.24) is 0 Å². The van der Waals surface area contributed by atoms with Crippen molar-refractivity contribution in [2.24, 2.45) is 0 Å². The first-order chi connectivity index (χ1) is 7.06. The van der Waals surface area contributed by atoms with Crippen molar-refractivity contribution in [3.63, 3.8) is 0 Å². The minimum Gasteiger partial charge on any atom is -1.00 e. The van der Waals surface area contributed by atoms with Gasteiger partial charge < -0.3 is 7.04 Å².